The van der Waals surface area contributed by atoms with Gasteiger partial charge in [-0.2, -0.15) is 26.3 Å². The number of hydrogen-bond donors (Lipinski definition) is 2. The Balaban J connectivity index is 0.000000301. The van der Waals surface area contributed by atoms with Crippen molar-refractivity contribution in [2.24, 2.45) is 0 Å². The number of hydrogen-bond acceptors (Lipinski definition) is 7. The normalized spacial score (nSPS) is 16.6. The van der Waals surface area contributed by atoms with Crippen LogP contribution in [-0.2, 0) is 40.5 Å². The van der Waals surface area contributed by atoms with Crippen molar-refractivity contribution >= 4 is 11.9 Å². The van der Waals surface area contributed by atoms with Crippen molar-refractivity contribution in [3.05, 3.63) is 41.9 Å². The standard InChI is InChI=1S/C18H26N4O2.2C2HF3O2/c1-20(13-17-3-2-8-24-17)11-15-12-22-7-6-21(14-18(22)19-15)16-4-9-23-10-5-16;2*3-2(4,5)1(6)7/h2-3,8,12,16H,4-7,9-11,13-14H2,1H3;2*(H,6,7). The zero-order chi connectivity index (χ0) is 28.5. The molecule has 0 saturated carbocycles. The zero-order valence-electron chi connectivity index (χ0n) is 20.3. The lowest BCUT2D eigenvalue weighted by Gasteiger charge is -2.36. The molecule has 2 aromatic rings. The molecule has 0 spiro atoms. The van der Waals surface area contributed by atoms with Crippen LogP contribution in [-0.4, -0.2) is 86.7 Å². The predicted octanol–water partition coefficient (Wildman–Crippen LogP) is 3.37. The van der Waals surface area contributed by atoms with Crippen LogP contribution in [0, 0.1) is 0 Å². The molecule has 4 heterocycles. The number of alkyl halides is 6. The van der Waals surface area contributed by atoms with Crippen molar-refractivity contribution in [1.29, 1.82) is 0 Å². The third-order valence-electron chi connectivity index (χ3n) is 5.51. The number of aromatic nitrogens is 2. The molecule has 0 radical (unpaired) electrons. The van der Waals surface area contributed by atoms with E-state index in [1.54, 1.807) is 6.26 Å². The average molecular weight is 558 g/mol. The van der Waals surface area contributed by atoms with Crippen LogP contribution in [0.25, 0.3) is 0 Å². The summed E-state index contributed by atoms with van der Waals surface area (Å²) >= 11 is 0. The molecular formula is C22H28F6N4O6. The number of aliphatic carboxylic acids is 2. The number of ether oxygens (including phenoxy) is 1. The lowest BCUT2D eigenvalue weighted by Crippen LogP contribution is -2.43. The van der Waals surface area contributed by atoms with Crippen LogP contribution in [0.1, 0.15) is 30.1 Å². The van der Waals surface area contributed by atoms with Crippen molar-refractivity contribution in [3.63, 3.8) is 0 Å². The third-order valence-corrected chi connectivity index (χ3v) is 5.51. The highest BCUT2D eigenvalue weighted by molar-refractivity contribution is 5.73. The summed E-state index contributed by atoms with van der Waals surface area (Å²) < 4.78 is 76.7. The quantitative estimate of drug-likeness (QED) is 0.532. The molecule has 0 bridgehead atoms. The second kappa shape index (κ2) is 13.6. The molecule has 1 fully saturated rings. The number of carboxylic acids is 2. The third kappa shape index (κ3) is 10.3. The largest absolute Gasteiger partial charge is 0.490 e. The first-order valence-corrected chi connectivity index (χ1v) is 11.3. The SMILES string of the molecule is CN(Cc1cn2c(n1)CN(C1CCOCC1)CC2)Cc1ccco1.O=C(O)C(F)(F)F.O=C(O)C(F)(F)F. The number of imidazole rings is 1. The van der Waals surface area contributed by atoms with Crippen LogP contribution in [0.3, 0.4) is 0 Å². The van der Waals surface area contributed by atoms with Crippen LogP contribution >= 0.6 is 0 Å². The van der Waals surface area contributed by atoms with E-state index in [9.17, 15) is 26.3 Å². The Morgan fingerprint density at radius 2 is 1.63 bits per heavy atom. The van der Waals surface area contributed by atoms with E-state index in [0.717, 1.165) is 70.2 Å². The van der Waals surface area contributed by atoms with Crippen molar-refractivity contribution in [1.82, 2.24) is 19.4 Å². The molecule has 10 nitrogen and oxygen atoms in total. The first-order chi connectivity index (χ1) is 17.7. The van der Waals surface area contributed by atoms with E-state index in [2.05, 4.69) is 27.6 Å². The zero-order valence-corrected chi connectivity index (χ0v) is 20.3. The minimum atomic E-state index is -5.08. The first kappa shape index (κ1) is 31.1. The van der Waals surface area contributed by atoms with Crippen LogP contribution < -0.4 is 0 Å². The van der Waals surface area contributed by atoms with Crippen LogP contribution in [0.2, 0.25) is 0 Å². The highest BCUT2D eigenvalue weighted by Crippen LogP contribution is 2.21. The number of fused-ring (bicyclic) bond motifs is 1. The van der Waals surface area contributed by atoms with Crippen LogP contribution in [0.5, 0.6) is 0 Å². The molecule has 0 aromatic carbocycles. The molecule has 16 heteroatoms. The number of nitrogens with zero attached hydrogens (tertiary/aromatic N) is 4. The van der Waals surface area contributed by atoms with Gasteiger partial charge in [0.1, 0.15) is 11.6 Å². The Morgan fingerprint density at radius 3 is 2.13 bits per heavy atom. The van der Waals surface area contributed by atoms with E-state index in [0.29, 0.717) is 6.04 Å². The smallest absolute Gasteiger partial charge is 0.475 e. The van der Waals surface area contributed by atoms with Crippen LogP contribution in [0.4, 0.5) is 26.3 Å². The lowest BCUT2D eigenvalue weighted by molar-refractivity contribution is -0.193. The van der Waals surface area contributed by atoms with Crippen molar-refractivity contribution in [3.8, 4) is 0 Å². The molecule has 0 unspecified atom stereocenters. The average Bonchev–Trinajstić information content (AvgIpc) is 3.47. The van der Waals surface area contributed by atoms with E-state index in [1.807, 2.05) is 12.1 Å². The molecular weight excluding hydrogens is 530 g/mol. The van der Waals surface area contributed by atoms with E-state index in [1.165, 1.54) is 5.82 Å². The number of rotatable bonds is 5. The number of halogens is 6. The van der Waals surface area contributed by atoms with Gasteiger partial charge in [0.25, 0.3) is 0 Å². The Bertz CT molecular complexity index is 995. The Labute approximate surface area is 213 Å². The maximum absolute atomic E-state index is 10.6. The van der Waals surface area contributed by atoms with Gasteiger partial charge in [-0.25, -0.2) is 14.6 Å². The van der Waals surface area contributed by atoms with Gasteiger partial charge in [0.05, 0.1) is 25.0 Å². The summed E-state index contributed by atoms with van der Waals surface area (Å²) in [5, 5.41) is 14.2. The maximum Gasteiger partial charge on any atom is 0.490 e. The summed E-state index contributed by atoms with van der Waals surface area (Å²) in [4.78, 5) is 27.5. The highest BCUT2D eigenvalue weighted by Gasteiger charge is 2.38. The summed E-state index contributed by atoms with van der Waals surface area (Å²) in [6, 6.07) is 4.61. The lowest BCUT2D eigenvalue weighted by atomic mass is 10.1. The van der Waals surface area contributed by atoms with Crippen LogP contribution in [0.15, 0.2) is 29.0 Å². The highest BCUT2D eigenvalue weighted by atomic mass is 19.4. The molecule has 0 atom stereocenters. The second-order valence-electron chi connectivity index (χ2n) is 8.51. The van der Waals surface area contributed by atoms with Crippen molar-refractivity contribution in [2.75, 3.05) is 26.8 Å². The Morgan fingerprint density at radius 1 is 1.05 bits per heavy atom. The van der Waals surface area contributed by atoms with E-state index in [4.69, 9.17) is 33.9 Å². The van der Waals surface area contributed by atoms with Crippen molar-refractivity contribution in [2.45, 2.75) is 57.4 Å². The summed E-state index contributed by atoms with van der Waals surface area (Å²) in [5.41, 5.74) is 1.15. The Hall–Kier alpha value is -3.11. The Kier molecular flexibility index (Phi) is 11.1. The summed E-state index contributed by atoms with van der Waals surface area (Å²) in [6.07, 6.45) is -3.92. The minimum Gasteiger partial charge on any atom is -0.475 e. The van der Waals surface area contributed by atoms with Gasteiger partial charge in [0, 0.05) is 45.1 Å². The fourth-order valence-electron chi connectivity index (χ4n) is 3.77. The van der Waals surface area contributed by atoms with Gasteiger partial charge in [-0.15, -0.1) is 0 Å². The number of carbonyl (C=O) groups is 2. The molecule has 0 amide bonds. The van der Waals surface area contributed by atoms with Gasteiger partial charge in [-0.05, 0) is 32.0 Å². The topological polar surface area (TPSA) is 121 Å². The van der Waals surface area contributed by atoms with Gasteiger partial charge >= 0.3 is 24.3 Å². The summed E-state index contributed by atoms with van der Waals surface area (Å²) in [5.74, 6) is -3.32. The summed E-state index contributed by atoms with van der Waals surface area (Å²) in [7, 11) is 2.11. The fraction of sp³-hybridized carbons (Fsp3) is 0.591. The monoisotopic (exact) mass is 558 g/mol. The number of furan rings is 1. The fourth-order valence-corrected chi connectivity index (χ4v) is 3.77. The summed E-state index contributed by atoms with van der Waals surface area (Å²) in [6.45, 7) is 6.59. The van der Waals surface area contributed by atoms with E-state index < -0.39 is 24.3 Å². The van der Waals surface area contributed by atoms with Gasteiger partial charge in [0.15, 0.2) is 0 Å². The van der Waals surface area contributed by atoms with Gasteiger partial charge in [0.2, 0.25) is 0 Å². The molecule has 2 aliphatic heterocycles. The molecule has 2 aliphatic rings. The van der Waals surface area contributed by atoms with E-state index >= 15 is 0 Å². The molecule has 0 aliphatic carbocycles. The van der Waals surface area contributed by atoms with Gasteiger partial charge in [-0.3, -0.25) is 9.80 Å². The molecule has 38 heavy (non-hydrogen) atoms. The van der Waals surface area contributed by atoms with Crippen molar-refractivity contribution < 1.29 is 55.3 Å². The second-order valence-corrected chi connectivity index (χ2v) is 8.51. The van der Waals surface area contributed by atoms with Gasteiger partial charge < -0.3 is 23.9 Å². The predicted molar refractivity (Wildman–Crippen MR) is 118 cm³/mol. The minimum absolute atomic E-state index is 0.661. The molecule has 4 rings (SSSR count). The van der Waals surface area contributed by atoms with E-state index in [-0.39, 0.29) is 0 Å². The maximum atomic E-state index is 10.6. The van der Waals surface area contributed by atoms with Gasteiger partial charge in [-0.1, -0.05) is 0 Å². The number of carboxylic acid groups (broad SMARTS) is 2. The first-order valence-electron chi connectivity index (χ1n) is 11.3. The molecule has 214 valence electrons. The molecule has 2 aromatic heterocycles. The molecule has 1 saturated heterocycles. The molecule has 2 N–H and O–H groups in total.